The third-order valence-electron chi connectivity index (χ3n) is 3.01. The lowest BCUT2D eigenvalue weighted by Crippen LogP contribution is -2.25. The molecule has 0 saturated heterocycles. The second kappa shape index (κ2) is 5.99. The number of thiophene rings is 1. The summed E-state index contributed by atoms with van der Waals surface area (Å²) in [6.45, 7) is 2.50. The third kappa shape index (κ3) is 3.92. The zero-order valence-corrected chi connectivity index (χ0v) is 13.8. The average Bonchev–Trinajstić information content (AvgIpc) is 2.87. The van der Waals surface area contributed by atoms with Crippen molar-refractivity contribution in [2.75, 3.05) is 13.3 Å². The summed E-state index contributed by atoms with van der Waals surface area (Å²) < 4.78 is 23.1. The second-order valence-electron chi connectivity index (χ2n) is 5.04. The molecule has 112 valence electrons. The second-order valence-corrected chi connectivity index (χ2v) is 8.37. The van der Waals surface area contributed by atoms with Gasteiger partial charge in [-0.05, 0) is 24.6 Å². The van der Waals surface area contributed by atoms with E-state index in [2.05, 4.69) is 0 Å². The van der Waals surface area contributed by atoms with Crippen LogP contribution < -0.4 is 0 Å². The van der Waals surface area contributed by atoms with Crippen molar-refractivity contribution in [1.29, 1.82) is 0 Å². The summed E-state index contributed by atoms with van der Waals surface area (Å²) >= 11 is 1.01. The first-order valence-electron chi connectivity index (χ1n) is 6.38. The number of benzene rings is 1. The van der Waals surface area contributed by atoms with E-state index in [4.69, 9.17) is 0 Å². The molecule has 0 fully saturated rings. The Balaban J connectivity index is 2.14. The largest absolute Gasteiger partial charge is 0.337 e. The van der Waals surface area contributed by atoms with Crippen molar-refractivity contribution < 1.29 is 13.2 Å². The number of rotatable bonds is 4. The highest BCUT2D eigenvalue weighted by molar-refractivity contribution is 7.92. The van der Waals surface area contributed by atoms with Crippen LogP contribution in [0.4, 0.5) is 0 Å². The summed E-state index contributed by atoms with van der Waals surface area (Å²) in [5.41, 5.74) is 2.19. The average molecular weight is 323 g/mol. The van der Waals surface area contributed by atoms with Crippen LogP contribution in [0.1, 0.15) is 20.8 Å². The molecule has 21 heavy (non-hydrogen) atoms. The van der Waals surface area contributed by atoms with Gasteiger partial charge >= 0.3 is 0 Å². The summed E-state index contributed by atoms with van der Waals surface area (Å²) in [4.78, 5) is 14.3. The zero-order chi connectivity index (χ0) is 15.6. The lowest BCUT2D eigenvalue weighted by molar-refractivity contribution is 0.0790. The molecule has 0 N–H and O–H groups in total. The Morgan fingerprint density at radius 2 is 1.95 bits per heavy atom. The van der Waals surface area contributed by atoms with Crippen LogP contribution in [0, 0.1) is 6.92 Å². The van der Waals surface area contributed by atoms with Crippen LogP contribution in [0.3, 0.4) is 0 Å². The molecular formula is C15H17NO3S2. The molecule has 2 rings (SSSR count). The number of amides is 1. The molecule has 0 atom stereocenters. The van der Waals surface area contributed by atoms with Crippen LogP contribution in [0.15, 0.2) is 40.6 Å². The number of carbonyl (C=O) groups excluding carboxylic acids is 1. The molecule has 0 radical (unpaired) electrons. The minimum atomic E-state index is -3.26. The first-order chi connectivity index (χ1) is 9.77. The van der Waals surface area contributed by atoms with E-state index in [1.165, 1.54) is 6.07 Å². The smallest absolute Gasteiger partial charge is 0.264 e. The molecule has 0 aliphatic rings. The van der Waals surface area contributed by atoms with Crippen molar-refractivity contribution >= 4 is 27.1 Å². The molecule has 6 heteroatoms. The van der Waals surface area contributed by atoms with Crippen molar-refractivity contribution in [3.05, 3.63) is 52.4 Å². The molecule has 0 aliphatic heterocycles. The van der Waals surface area contributed by atoms with Crippen molar-refractivity contribution in [1.82, 2.24) is 4.90 Å². The van der Waals surface area contributed by atoms with Crippen LogP contribution in [0.25, 0.3) is 0 Å². The number of aryl methyl sites for hydroxylation is 1. The van der Waals surface area contributed by atoms with Gasteiger partial charge in [-0.1, -0.05) is 29.8 Å². The van der Waals surface area contributed by atoms with E-state index in [-0.39, 0.29) is 10.1 Å². The van der Waals surface area contributed by atoms with Gasteiger partial charge in [-0.15, -0.1) is 11.3 Å². The van der Waals surface area contributed by atoms with Gasteiger partial charge in [-0.2, -0.15) is 0 Å². The van der Waals surface area contributed by atoms with E-state index in [9.17, 15) is 13.2 Å². The Morgan fingerprint density at radius 1 is 1.24 bits per heavy atom. The topological polar surface area (TPSA) is 54.5 Å². The van der Waals surface area contributed by atoms with Gasteiger partial charge in [0.25, 0.3) is 5.91 Å². The van der Waals surface area contributed by atoms with Crippen LogP contribution in [0.5, 0.6) is 0 Å². The number of sulfone groups is 1. The molecule has 0 saturated carbocycles. The molecule has 1 aromatic heterocycles. The lowest BCUT2D eigenvalue weighted by atomic mass is 10.1. The molecule has 1 heterocycles. The van der Waals surface area contributed by atoms with Gasteiger partial charge < -0.3 is 4.90 Å². The first kappa shape index (κ1) is 15.7. The van der Waals surface area contributed by atoms with E-state index in [1.54, 1.807) is 18.0 Å². The normalized spacial score (nSPS) is 11.4. The number of nitrogens with zero attached hydrogens (tertiary/aromatic N) is 1. The van der Waals surface area contributed by atoms with Crippen LogP contribution in [-0.4, -0.2) is 32.5 Å². The Kier molecular flexibility index (Phi) is 4.49. The summed E-state index contributed by atoms with van der Waals surface area (Å²) in [5, 5.41) is 0. The fraction of sp³-hybridized carbons (Fsp3) is 0.267. The minimum absolute atomic E-state index is 0.170. The predicted octanol–water partition coefficient (Wildman–Crippen LogP) is 2.73. The Labute approximate surface area is 129 Å². The standard InChI is InChI=1S/C15H17NO3S2/c1-11-5-4-6-12(9-11)10-16(2)15(17)13-7-8-14(20-13)21(3,18)19/h4-9H,10H2,1-3H3. The molecular weight excluding hydrogens is 306 g/mol. The summed E-state index contributed by atoms with van der Waals surface area (Å²) in [6, 6.07) is 11.0. The highest BCUT2D eigenvalue weighted by Gasteiger charge is 2.18. The van der Waals surface area contributed by atoms with E-state index < -0.39 is 9.84 Å². The van der Waals surface area contributed by atoms with Gasteiger partial charge in [0.05, 0.1) is 4.88 Å². The quantitative estimate of drug-likeness (QED) is 0.869. The third-order valence-corrected chi connectivity index (χ3v) is 5.90. The van der Waals surface area contributed by atoms with E-state index in [0.717, 1.165) is 28.7 Å². The maximum Gasteiger partial charge on any atom is 0.264 e. The fourth-order valence-electron chi connectivity index (χ4n) is 1.98. The SMILES string of the molecule is Cc1cccc(CN(C)C(=O)c2ccc(S(C)(=O)=O)s2)c1. The molecule has 4 nitrogen and oxygen atoms in total. The highest BCUT2D eigenvalue weighted by Crippen LogP contribution is 2.23. The molecule has 0 unspecified atom stereocenters. The van der Waals surface area contributed by atoms with Gasteiger partial charge in [0.15, 0.2) is 9.84 Å². The Hall–Kier alpha value is -1.66. The van der Waals surface area contributed by atoms with Crippen molar-refractivity contribution in [2.45, 2.75) is 17.7 Å². The van der Waals surface area contributed by atoms with Gasteiger partial charge in [0.1, 0.15) is 4.21 Å². The van der Waals surface area contributed by atoms with E-state index >= 15 is 0 Å². The van der Waals surface area contributed by atoms with Crippen molar-refractivity contribution in [2.24, 2.45) is 0 Å². The first-order valence-corrected chi connectivity index (χ1v) is 9.09. The van der Waals surface area contributed by atoms with E-state index in [1.807, 2.05) is 31.2 Å². The summed E-state index contributed by atoms with van der Waals surface area (Å²) in [5.74, 6) is -0.170. The molecule has 1 aromatic carbocycles. The van der Waals surface area contributed by atoms with E-state index in [0.29, 0.717) is 11.4 Å². The van der Waals surface area contributed by atoms with Crippen LogP contribution >= 0.6 is 11.3 Å². The number of hydrogen-bond acceptors (Lipinski definition) is 4. The maximum absolute atomic E-state index is 12.3. The predicted molar refractivity (Wildman–Crippen MR) is 84.4 cm³/mol. The maximum atomic E-state index is 12.3. The highest BCUT2D eigenvalue weighted by atomic mass is 32.2. The van der Waals surface area contributed by atoms with Crippen LogP contribution in [0.2, 0.25) is 0 Å². The lowest BCUT2D eigenvalue weighted by Gasteiger charge is -2.16. The van der Waals surface area contributed by atoms with Crippen LogP contribution in [-0.2, 0) is 16.4 Å². The molecule has 0 spiro atoms. The zero-order valence-electron chi connectivity index (χ0n) is 12.2. The summed E-state index contributed by atoms with van der Waals surface area (Å²) in [6.07, 6.45) is 1.14. The fourth-order valence-corrected chi connectivity index (χ4v) is 3.90. The monoisotopic (exact) mass is 323 g/mol. The van der Waals surface area contributed by atoms with Crippen molar-refractivity contribution in [3.8, 4) is 0 Å². The number of hydrogen-bond donors (Lipinski definition) is 0. The molecule has 0 bridgehead atoms. The van der Waals surface area contributed by atoms with Gasteiger partial charge in [-0.25, -0.2) is 8.42 Å². The van der Waals surface area contributed by atoms with Gasteiger partial charge in [0.2, 0.25) is 0 Å². The molecule has 2 aromatic rings. The number of carbonyl (C=O) groups is 1. The Bertz CT molecular complexity index is 763. The Morgan fingerprint density at radius 3 is 2.52 bits per heavy atom. The molecule has 0 aliphatic carbocycles. The molecule has 1 amide bonds. The minimum Gasteiger partial charge on any atom is -0.337 e. The van der Waals surface area contributed by atoms with Gasteiger partial charge in [0, 0.05) is 19.8 Å². The summed E-state index contributed by atoms with van der Waals surface area (Å²) in [7, 11) is -1.55. The van der Waals surface area contributed by atoms with Crippen molar-refractivity contribution in [3.63, 3.8) is 0 Å². The van der Waals surface area contributed by atoms with Gasteiger partial charge in [-0.3, -0.25) is 4.79 Å².